The molecule has 0 spiro atoms. The van der Waals surface area contributed by atoms with Crippen LogP contribution in [0.15, 0.2) is 51.8 Å². The Morgan fingerprint density at radius 2 is 1.75 bits per heavy atom. The van der Waals surface area contributed by atoms with Crippen LogP contribution in [0.2, 0.25) is 0 Å². The maximum atomic E-state index is 13.1. The standard InChI is InChI=1S/C20H23N3O3S2/c1-15-7-8-16(2)19(13-15)28(24,25)22-11-9-21(10-12-22)14-23-17-5-3-4-6-18(17)26-20(23)27/h3-8,13H,9-12,14H2,1-2H3. The minimum atomic E-state index is -3.48. The quantitative estimate of drug-likeness (QED) is 0.608. The lowest BCUT2D eigenvalue weighted by Gasteiger charge is -2.34. The highest BCUT2D eigenvalue weighted by Gasteiger charge is 2.30. The Hall–Kier alpha value is -2.00. The lowest BCUT2D eigenvalue weighted by atomic mass is 10.2. The minimum absolute atomic E-state index is 0.406. The fourth-order valence-corrected chi connectivity index (χ4v) is 5.56. The zero-order valence-electron chi connectivity index (χ0n) is 16.0. The van der Waals surface area contributed by atoms with E-state index < -0.39 is 10.0 Å². The molecule has 2 aromatic carbocycles. The summed E-state index contributed by atoms with van der Waals surface area (Å²) in [7, 11) is -3.48. The van der Waals surface area contributed by atoms with Gasteiger partial charge in [0.05, 0.1) is 17.1 Å². The van der Waals surface area contributed by atoms with Crippen LogP contribution in [0.25, 0.3) is 11.1 Å². The molecule has 1 fully saturated rings. The van der Waals surface area contributed by atoms with Crippen molar-refractivity contribution >= 4 is 33.3 Å². The molecule has 4 rings (SSSR count). The second-order valence-electron chi connectivity index (χ2n) is 7.20. The van der Waals surface area contributed by atoms with Crippen LogP contribution in [0.1, 0.15) is 11.1 Å². The van der Waals surface area contributed by atoms with Crippen LogP contribution in [-0.4, -0.2) is 48.4 Å². The molecular weight excluding hydrogens is 394 g/mol. The van der Waals surface area contributed by atoms with Crippen LogP contribution in [0.5, 0.6) is 0 Å². The summed E-state index contributed by atoms with van der Waals surface area (Å²) in [4.78, 5) is 3.04. The van der Waals surface area contributed by atoms with E-state index in [1.807, 2.05) is 54.8 Å². The van der Waals surface area contributed by atoms with Gasteiger partial charge in [0.2, 0.25) is 10.0 Å². The summed E-state index contributed by atoms with van der Waals surface area (Å²) in [5, 5.41) is 0. The highest BCUT2D eigenvalue weighted by atomic mass is 32.2. The summed E-state index contributed by atoms with van der Waals surface area (Å²) >= 11 is 5.36. The predicted octanol–water partition coefficient (Wildman–Crippen LogP) is 3.54. The monoisotopic (exact) mass is 417 g/mol. The molecule has 28 heavy (non-hydrogen) atoms. The third-order valence-corrected chi connectivity index (χ3v) is 7.55. The van der Waals surface area contributed by atoms with Gasteiger partial charge in [0.15, 0.2) is 5.58 Å². The molecule has 148 valence electrons. The van der Waals surface area contributed by atoms with Gasteiger partial charge < -0.3 is 4.42 Å². The van der Waals surface area contributed by atoms with Crippen molar-refractivity contribution in [2.45, 2.75) is 25.4 Å². The summed E-state index contributed by atoms with van der Waals surface area (Å²) in [6.45, 7) is 6.55. The van der Waals surface area contributed by atoms with Crippen molar-refractivity contribution in [2.75, 3.05) is 26.2 Å². The molecule has 1 aromatic heterocycles. The number of para-hydroxylation sites is 2. The van der Waals surface area contributed by atoms with Crippen LogP contribution in [-0.2, 0) is 16.7 Å². The van der Waals surface area contributed by atoms with Gasteiger partial charge in [0.25, 0.3) is 4.84 Å². The number of benzene rings is 2. The second kappa shape index (κ2) is 7.44. The Bertz CT molecular complexity index is 1170. The van der Waals surface area contributed by atoms with Crippen LogP contribution < -0.4 is 0 Å². The third kappa shape index (κ3) is 3.53. The molecule has 1 saturated heterocycles. The summed E-state index contributed by atoms with van der Waals surface area (Å²) in [5.74, 6) is 0. The van der Waals surface area contributed by atoms with Crippen molar-refractivity contribution in [3.8, 4) is 0 Å². The number of aromatic nitrogens is 1. The van der Waals surface area contributed by atoms with Crippen LogP contribution >= 0.6 is 12.2 Å². The highest BCUT2D eigenvalue weighted by molar-refractivity contribution is 7.89. The minimum Gasteiger partial charge on any atom is -0.429 e. The molecule has 8 heteroatoms. The largest absolute Gasteiger partial charge is 0.429 e. The summed E-state index contributed by atoms with van der Waals surface area (Å²) < 4.78 is 35.3. The van der Waals surface area contributed by atoms with E-state index in [1.54, 1.807) is 10.4 Å². The van der Waals surface area contributed by atoms with Crippen molar-refractivity contribution in [1.82, 2.24) is 13.8 Å². The Kier molecular flexibility index (Phi) is 5.13. The van der Waals surface area contributed by atoms with E-state index in [-0.39, 0.29) is 0 Å². The van der Waals surface area contributed by atoms with Gasteiger partial charge in [0.1, 0.15) is 0 Å². The first-order chi connectivity index (χ1) is 13.4. The van der Waals surface area contributed by atoms with Crippen LogP contribution in [0, 0.1) is 18.7 Å². The van der Waals surface area contributed by atoms with Gasteiger partial charge in [-0.15, -0.1) is 0 Å². The van der Waals surface area contributed by atoms with Crippen molar-refractivity contribution in [3.63, 3.8) is 0 Å². The molecule has 0 amide bonds. The number of aryl methyl sites for hydroxylation is 2. The summed E-state index contributed by atoms with van der Waals surface area (Å²) in [6.07, 6.45) is 0. The average Bonchev–Trinajstić information content (AvgIpc) is 2.99. The maximum Gasteiger partial charge on any atom is 0.270 e. The van der Waals surface area contributed by atoms with Crippen LogP contribution in [0.4, 0.5) is 0 Å². The number of nitrogens with zero attached hydrogens (tertiary/aromatic N) is 3. The molecular formula is C20H23N3O3S2. The number of rotatable bonds is 4. The second-order valence-corrected chi connectivity index (χ2v) is 9.45. The fourth-order valence-electron chi connectivity index (χ4n) is 3.58. The number of sulfonamides is 1. The predicted molar refractivity (Wildman–Crippen MR) is 111 cm³/mol. The van der Waals surface area contributed by atoms with Gasteiger partial charge in [-0.05, 0) is 55.4 Å². The van der Waals surface area contributed by atoms with Gasteiger partial charge in [-0.3, -0.25) is 9.47 Å². The fraction of sp³-hybridized carbons (Fsp3) is 0.350. The SMILES string of the molecule is Cc1ccc(C)c(S(=O)(=O)N2CCN(Cn3c(=S)oc4ccccc43)CC2)c1. The molecule has 2 heterocycles. The normalized spacial score (nSPS) is 16.6. The summed E-state index contributed by atoms with van der Waals surface area (Å²) in [5.41, 5.74) is 3.45. The van der Waals surface area contributed by atoms with E-state index in [2.05, 4.69) is 4.90 Å². The van der Waals surface area contributed by atoms with Crippen molar-refractivity contribution in [3.05, 3.63) is 58.4 Å². The van der Waals surface area contributed by atoms with E-state index >= 15 is 0 Å². The van der Waals surface area contributed by atoms with E-state index in [0.717, 1.165) is 22.2 Å². The maximum absolute atomic E-state index is 13.1. The number of hydrogen-bond donors (Lipinski definition) is 0. The highest BCUT2D eigenvalue weighted by Crippen LogP contribution is 2.23. The molecule has 0 atom stereocenters. The first-order valence-corrected chi connectivity index (χ1v) is 11.1. The Morgan fingerprint density at radius 1 is 1.04 bits per heavy atom. The molecule has 0 aliphatic carbocycles. The Morgan fingerprint density at radius 3 is 2.50 bits per heavy atom. The van der Waals surface area contributed by atoms with Gasteiger partial charge in [-0.25, -0.2) is 8.42 Å². The molecule has 6 nitrogen and oxygen atoms in total. The van der Waals surface area contributed by atoms with E-state index in [9.17, 15) is 8.42 Å². The average molecular weight is 418 g/mol. The molecule has 1 aliphatic heterocycles. The van der Waals surface area contributed by atoms with Gasteiger partial charge in [-0.2, -0.15) is 4.31 Å². The first-order valence-electron chi connectivity index (χ1n) is 9.24. The topological polar surface area (TPSA) is 58.7 Å². The zero-order valence-corrected chi connectivity index (χ0v) is 17.6. The number of hydrogen-bond acceptors (Lipinski definition) is 5. The summed E-state index contributed by atoms with van der Waals surface area (Å²) in [6, 6.07) is 13.3. The molecule has 0 bridgehead atoms. The molecule has 1 aliphatic rings. The first kappa shape index (κ1) is 19.3. The van der Waals surface area contributed by atoms with Gasteiger partial charge in [-0.1, -0.05) is 24.3 Å². The van der Waals surface area contributed by atoms with Gasteiger partial charge >= 0.3 is 0 Å². The van der Waals surface area contributed by atoms with Crippen molar-refractivity contribution in [1.29, 1.82) is 0 Å². The van der Waals surface area contributed by atoms with Crippen molar-refractivity contribution in [2.24, 2.45) is 0 Å². The molecule has 0 radical (unpaired) electrons. The lowest BCUT2D eigenvalue weighted by Crippen LogP contribution is -2.48. The zero-order chi connectivity index (χ0) is 19.9. The van der Waals surface area contributed by atoms with E-state index in [4.69, 9.17) is 16.6 Å². The molecule has 3 aromatic rings. The number of fused-ring (bicyclic) bond motifs is 1. The van der Waals surface area contributed by atoms with E-state index in [1.165, 1.54) is 0 Å². The smallest absolute Gasteiger partial charge is 0.270 e. The third-order valence-electron chi connectivity index (χ3n) is 5.21. The Balaban J connectivity index is 1.49. The molecule has 0 saturated carbocycles. The number of oxazole rings is 1. The van der Waals surface area contributed by atoms with Crippen molar-refractivity contribution < 1.29 is 12.8 Å². The lowest BCUT2D eigenvalue weighted by molar-refractivity contribution is 0.151. The van der Waals surface area contributed by atoms with Gasteiger partial charge in [0, 0.05) is 26.2 Å². The van der Waals surface area contributed by atoms with Crippen LogP contribution in [0.3, 0.4) is 0 Å². The van der Waals surface area contributed by atoms with E-state index in [0.29, 0.717) is 42.6 Å². The molecule has 0 N–H and O–H groups in total. The Labute approximate surface area is 170 Å². The number of piperazine rings is 1. The molecule has 0 unspecified atom stereocenters.